The van der Waals surface area contributed by atoms with Crippen LogP contribution in [0.4, 0.5) is 5.69 Å². The average Bonchev–Trinajstić information content (AvgIpc) is 2.71. The van der Waals surface area contributed by atoms with E-state index < -0.39 is 0 Å². The molecule has 1 aliphatic rings. The Bertz CT molecular complexity index is 529. The van der Waals surface area contributed by atoms with Crippen LogP contribution < -0.4 is 5.32 Å². The Kier molecular flexibility index (Phi) is 4.80. The molecule has 0 saturated heterocycles. The van der Waals surface area contributed by atoms with E-state index in [4.69, 9.17) is 4.74 Å². The summed E-state index contributed by atoms with van der Waals surface area (Å²) in [4.78, 5) is 11.9. The molecule has 0 bridgehead atoms. The lowest BCUT2D eigenvalue weighted by Gasteiger charge is -2.21. The first-order valence-corrected chi connectivity index (χ1v) is 8.25. The van der Waals surface area contributed by atoms with Crippen molar-refractivity contribution in [3.8, 4) is 0 Å². The standard InChI is InChI=1S/C15H19Br2NO2/c1-15(2)5-4-10(8-15)18-13-11(14(19)20-3)6-9(16)7-12(13)17/h6-7,10,18H,4-5,8H2,1-3H3. The Morgan fingerprint density at radius 1 is 1.40 bits per heavy atom. The van der Waals surface area contributed by atoms with Gasteiger partial charge in [0.25, 0.3) is 0 Å². The molecule has 0 amide bonds. The second-order valence-electron chi connectivity index (χ2n) is 6.05. The summed E-state index contributed by atoms with van der Waals surface area (Å²) in [5.41, 5.74) is 1.74. The van der Waals surface area contributed by atoms with Gasteiger partial charge in [0, 0.05) is 15.0 Å². The monoisotopic (exact) mass is 403 g/mol. The molecule has 1 fully saturated rings. The molecule has 1 unspecified atom stereocenters. The Morgan fingerprint density at radius 2 is 2.10 bits per heavy atom. The van der Waals surface area contributed by atoms with Gasteiger partial charge in [-0.1, -0.05) is 29.8 Å². The van der Waals surface area contributed by atoms with Crippen molar-refractivity contribution < 1.29 is 9.53 Å². The zero-order chi connectivity index (χ0) is 14.9. The van der Waals surface area contributed by atoms with Gasteiger partial charge in [0.2, 0.25) is 0 Å². The minimum absolute atomic E-state index is 0.327. The van der Waals surface area contributed by atoms with E-state index in [1.807, 2.05) is 6.07 Å². The molecule has 0 aliphatic heterocycles. The first-order chi connectivity index (χ1) is 9.32. The second kappa shape index (κ2) is 6.06. The van der Waals surface area contributed by atoms with Crippen molar-refractivity contribution in [1.29, 1.82) is 0 Å². The fraction of sp³-hybridized carbons (Fsp3) is 0.533. The fourth-order valence-corrected chi connectivity index (χ4v) is 4.09. The van der Waals surface area contributed by atoms with E-state index >= 15 is 0 Å². The van der Waals surface area contributed by atoms with Gasteiger partial charge in [0.15, 0.2) is 0 Å². The van der Waals surface area contributed by atoms with E-state index in [2.05, 4.69) is 51.0 Å². The summed E-state index contributed by atoms with van der Waals surface area (Å²) in [5, 5.41) is 3.51. The number of nitrogens with one attached hydrogen (secondary N) is 1. The zero-order valence-corrected chi connectivity index (χ0v) is 15.1. The quantitative estimate of drug-likeness (QED) is 0.721. The normalized spacial score (nSPS) is 20.8. The number of esters is 1. The van der Waals surface area contributed by atoms with Crippen LogP contribution in [-0.2, 0) is 4.74 Å². The minimum atomic E-state index is -0.327. The summed E-state index contributed by atoms with van der Waals surface area (Å²) in [7, 11) is 1.40. The van der Waals surface area contributed by atoms with Crippen molar-refractivity contribution in [2.24, 2.45) is 5.41 Å². The number of benzene rings is 1. The Balaban J connectivity index is 2.29. The van der Waals surface area contributed by atoms with Crippen molar-refractivity contribution in [2.75, 3.05) is 12.4 Å². The van der Waals surface area contributed by atoms with Gasteiger partial charge in [-0.25, -0.2) is 4.79 Å². The van der Waals surface area contributed by atoms with Gasteiger partial charge >= 0.3 is 5.97 Å². The summed E-state index contributed by atoms with van der Waals surface area (Å²) in [5.74, 6) is -0.327. The third-order valence-corrected chi connectivity index (χ3v) is 4.86. The summed E-state index contributed by atoms with van der Waals surface area (Å²) in [6, 6.07) is 4.12. The molecule has 1 aromatic rings. The lowest BCUT2D eigenvalue weighted by Crippen LogP contribution is -2.20. The molecule has 110 valence electrons. The van der Waals surface area contributed by atoms with Crippen molar-refractivity contribution in [3.63, 3.8) is 0 Å². The van der Waals surface area contributed by atoms with Gasteiger partial charge in [-0.3, -0.25) is 0 Å². The molecule has 0 radical (unpaired) electrons. The van der Waals surface area contributed by atoms with E-state index in [9.17, 15) is 4.79 Å². The lowest BCUT2D eigenvalue weighted by atomic mass is 9.92. The number of carbonyl (C=O) groups is 1. The highest BCUT2D eigenvalue weighted by Crippen LogP contribution is 2.40. The molecule has 1 aromatic carbocycles. The molecule has 1 atom stereocenters. The van der Waals surface area contributed by atoms with Crippen molar-refractivity contribution in [3.05, 3.63) is 26.6 Å². The molecule has 1 saturated carbocycles. The molecule has 1 N–H and O–H groups in total. The number of carbonyl (C=O) groups excluding carboxylic acids is 1. The van der Waals surface area contributed by atoms with Gasteiger partial charge in [-0.05, 0) is 52.7 Å². The number of anilines is 1. The molecule has 3 nitrogen and oxygen atoms in total. The van der Waals surface area contributed by atoms with E-state index in [1.165, 1.54) is 13.5 Å². The molecule has 1 aliphatic carbocycles. The first-order valence-electron chi connectivity index (χ1n) is 6.66. The number of hydrogen-bond donors (Lipinski definition) is 1. The first kappa shape index (κ1) is 15.8. The van der Waals surface area contributed by atoms with Crippen molar-refractivity contribution >= 4 is 43.5 Å². The topological polar surface area (TPSA) is 38.3 Å². The number of halogens is 2. The minimum Gasteiger partial charge on any atom is -0.465 e. The van der Waals surface area contributed by atoms with Crippen molar-refractivity contribution in [1.82, 2.24) is 0 Å². The third kappa shape index (κ3) is 3.55. The lowest BCUT2D eigenvalue weighted by molar-refractivity contribution is 0.0601. The SMILES string of the molecule is COC(=O)c1cc(Br)cc(Br)c1NC1CCC(C)(C)C1. The highest BCUT2D eigenvalue weighted by molar-refractivity contribution is 9.11. The summed E-state index contributed by atoms with van der Waals surface area (Å²) >= 11 is 6.94. The maximum absolute atomic E-state index is 11.9. The van der Waals surface area contributed by atoms with Crippen LogP contribution in [0.15, 0.2) is 21.1 Å². The maximum atomic E-state index is 11.9. The van der Waals surface area contributed by atoms with Crippen molar-refractivity contribution in [2.45, 2.75) is 39.2 Å². The summed E-state index contributed by atoms with van der Waals surface area (Å²) in [6.45, 7) is 4.57. The van der Waals surface area contributed by atoms with Gasteiger partial charge in [0.1, 0.15) is 0 Å². The van der Waals surface area contributed by atoms with Crippen LogP contribution in [0.1, 0.15) is 43.5 Å². The molecule has 0 spiro atoms. The second-order valence-corrected chi connectivity index (χ2v) is 7.82. The molecular formula is C15H19Br2NO2. The van der Waals surface area contributed by atoms with E-state index in [1.54, 1.807) is 6.07 Å². The van der Waals surface area contributed by atoms with Crippen LogP contribution in [0.2, 0.25) is 0 Å². The van der Waals surface area contributed by atoms with Gasteiger partial charge in [0.05, 0.1) is 18.4 Å². The summed E-state index contributed by atoms with van der Waals surface area (Å²) < 4.78 is 6.59. The highest BCUT2D eigenvalue weighted by atomic mass is 79.9. The number of ether oxygens (including phenoxy) is 1. The Labute approximate surface area is 136 Å². The largest absolute Gasteiger partial charge is 0.465 e. The average molecular weight is 405 g/mol. The van der Waals surface area contributed by atoms with Crippen LogP contribution in [0, 0.1) is 5.41 Å². The molecular weight excluding hydrogens is 386 g/mol. The fourth-order valence-electron chi connectivity index (χ4n) is 2.75. The van der Waals surface area contributed by atoms with Crippen LogP contribution >= 0.6 is 31.9 Å². The predicted octanol–water partition coefficient (Wildman–Crippen LogP) is 4.99. The van der Waals surface area contributed by atoms with Crippen LogP contribution in [0.25, 0.3) is 0 Å². The van der Waals surface area contributed by atoms with Gasteiger partial charge in [-0.15, -0.1) is 0 Å². The third-order valence-electron chi connectivity index (χ3n) is 3.78. The van der Waals surface area contributed by atoms with Crippen LogP contribution in [0.3, 0.4) is 0 Å². The predicted molar refractivity (Wildman–Crippen MR) is 88.2 cm³/mol. The summed E-state index contributed by atoms with van der Waals surface area (Å²) in [6.07, 6.45) is 3.43. The van der Waals surface area contributed by atoms with Gasteiger partial charge in [-0.2, -0.15) is 0 Å². The number of hydrogen-bond acceptors (Lipinski definition) is 3. The molecule has 20 heavy (non-hydrogen) atoms. The Hall–Kier alpha value is -0.550. The van der Waals surface area contributed by atoms with E-state index in [0.29, 0.717) is 17.0 Å². The van der Waals surface area contributed by atoms with E-state index in [-0.39, 0.29) is 5.97 Å². The number of methoxy groups -OCH3 is 1. The zero-order valence-electron chi connectivity index (χ0n) is 11.9. The number of rotatable bonds is 3. The molecule has 0 aromatic heterocycles. The Morgan fingerprint density at radius 3 is 2.65 bits per heavy atom. The van der Waals surface area contributed by atoms with Crippen LogP contribution in [-0.4, -0.2) is 19.1 Å². The smallest absolute Gasteiger partial charge is 0.340 e. The highest BCUT2D eigenvalue weighted by Gasteiger charge is 2.31. The molecule has 2 rings (SSSR count). The molecule has 0 heterocycles. The van der Waals surface area contributed by atoms with E-state index in [0.717, 1.165) is 27.5 Å². The van der Waals surface area contributed by atoms with Gasteiger partial charge < -0.3 is 10.1 Å². The van der Waals surface area contributed by atoms with Crippen LogP contribution in [0.5, 0.6) is 0 Å². The molecule has 5 heteroatoms. The maximum Gasteiger partial charge on any atom is 0.340 e.